The Bertz CT molecular complexity index is 605. The maximum atomic E-state index is 12.5. The number of hydrogen-bond acceptors (Lipinski definition) is 6. The summed E-state index contributed by atoms with van der Waals surface area (Å²) >= 11 is 1.09. The fourth-order valence-electron chi connectivity index (χ4n) is 2.21. The van der Waals surface area contributed by atoms with Gasteiger partial charge in [-0.1, -0.05) is 36.0 Å². The summed E-state index contributed by atoms with van der Waals surface area (Å²) in [6, 6.07) is 7.74. The Labute approximate surface area is 152 Å². The molecule has 0 saturated carbocycles. The first-order chi connectivity index (χ1) is 11.8. The number of thioether (sulfide) groups is 1. The maximum Gasteiger partial charge on any atom is 0.336 e. The van der Waals surface area contributed by atoms with E-state index in [0.29, 0.717) is 12.2 Å². The number of esters is 1. The predicted molar refractivity (Wildman–Crippen MR) is 97.2 cm³/mol. The largest absolute Gasteiger partial charge is 0.464 e. The molecule has 0 aliphatic carbocycles. The molecule has 0 bridgehead atoms. The quantitative estimate of drug-likeness (QED) is 0.642. The molecule has 7 heteroatoms. The number of aryl methyl sites for hydroxylation is 1. The van der Waals surface area contributed by atoms with Crippen LogP contribution >= 0.6 is 11.8 Å². The summed E-state index contributed by atoms with van der Waals surface area (Å²) in [6.07, 6.45) is -0.919. The summed E-state index contributed by atoms with van der Waals surface area (Å²) in [5.41, 5.74) is 2.09. The molecule has 0 fully saturated rings. The van der Waals surface area contributed by atoms with Gasteiger partial charge in [0.1, 0.15) is 0 Å². The van der Waals surface area contributed by atoms with Crippen molar-refractivity contribution in [1.82, 2.24) is 5.32 Å². The van der Waals surface area contributed by atoms with Crippen LogP contribution in [-0.2, 0) is 25.5 Å². The van der Waals surface area contributed by atoms with Crippen LogP contribution in [-0.4, -0.2) is 47.1 Å². The lowest BCUT2D eigenvalue weighted by atomic mass is 9.96. The van der Waals surface area contributed by atoms with E-state index in [1.807, 2.05) is 31.2 Å². The van der Waals surface area contributed by atoms with E-state index in [0.717, 1.165) is 22.9 Å². The lowest BCUT2D eigenvalue weighted by Crippen LogP contribution is -2.41. The summed E-state index contributed by atoms with van der Waals surface area (Å²) < 4.78 is 4.70. The molecular formula is C18H25NO5S. The minimum Gasteiger partial charge on any atom is -0.464 e. The fourth-order valence-corrected chi connectivity index (χ4v) is 2.92. The lowest BCUT2D eigenvalue weighted by molar-refractivity contribution is -0.152. The summed E-state index contributed by atoms with van der Waals surface area (Å²) in [4.78, 5) is 35.1. The highest BCUT2D eigenvalue weighted by molar-refractivity contribution is 8.13. The Morgan fingerprint density at radius 3 is 2.56 bits per heavy atom. The molecule has 2 N–H and O–H groups in total. The van der Waals surface area contributed by atoms with Crippen LogP contribution in [0.1, 0.15) is 25.0 Å². The van der Waals surface area contributed by atoms with E-state index in [9.17, 15) is 19.5 Å². The van der Waals surface area contributed by atoms with Crippen molar-refractivity contribution >= 4 is 28.8 Å². The first kappa shape index (κ1) is 21.2. The average Bonchev–Trinajstić information content (AvgIpc) is 2.57. The minimum atomic E-state index is -1.40. The van der Waals surface area contributed by atoms with Crippen molar-refractivity contribution in [2.75, 3.05) is 18.9 Å². The van der Waals surface area contributed by atoms with Gasteiger partial charge in [-0.15, -0.1) is 0 Å². The Balaban J connectivity index is 2.71. The maximum absolute atomic E-state index is 12.5. The molecule has 2 atom stereocenters. The van der Waals surface area contributed by atoms with E-state index < -0.39 is 18.0 Å². The molecule has 0 heterocycles. The Morgan fingerprint density at radius 1 is 1.28 bits per heavy atom. The lowest BCUT2D eigenvalue weighted by Gasteiger charge is -2.18. The molecule has 0 unspecified atom stereocenters. The van der Waals surface area contributed by atoms with Crippen LogP contribution in [0.5, 0.6) is 0 Å². The van der Waals surface area contributed by atoms with E-state index >= 15 is 0 Å². The van der Waals surface area contributed by atoms with Crippen LogP contribution in [0.2, 0.25) is 0 Å². The number of benzene rings is 1. The molecule has 1 aromatic carbocycles. The molecule has 1 rings (SSSR count). The van der Waals surface area contributed by atoms with Crippen LogP contribution in [0, 0.1) is 12.8 Å². The van der Waals surface area contributed by atoms with Gasteiger partial charge in [-0.25, -0.2) is 4.79 Å². The third kappa shape index (κ3) is 7.70. The second kappa shape index (κ2) is 10.9. The summed E-state index contributed by atoms with van der Waals surface area (Å²) in [5, 5.41) is 12.2. The van der Waals surface area contributed by atoms with E-state index in [4.69, 9.17) is 4.74 Å². The number of aliphatic hydroxyl groups is 1. The normalized spacial score (nSPS) is 13.0. The number of hydrogen-bond donors (Lipinski definition) is 2. The van der Waals surface area contributed by atoms with Crippen molar-refractivity contribution in [3.8, 4) is 0 Å². The highest BCUT2D eigenvalue weighted by Crippen LogP contribution is 2.18. The van der Waals surface area contributed by atoms with Crippen LogP contribution in [0.15, 0.2) is 24.3 Å². The van der Waals surface area contributed by atoms with E-state index in [1.165, 1.54) is 6.92 Å². The SMILES string of the molecule is CCOC(=O)[C@H](O)CNC(=O)[C@@H](CSC(C)=O)Cc1ccccc1C. The highest BCUT2D eigenvalue weighted by atomic mass is 32.2. The molecule has 0 spiro atoms. The highest BCUT2D eigenvalue weighted by Gasteiger charge is 2.23. The third-order valence-electron chi connectivity index (χ3n) is 3.61. The number of carbonyl (C=O) groups is 3. The molecule has 1 aromatic rings. The topological polar surface area (TPSA) is 92.7 Å². The van der Waals surface area contributed by atoms with E-state index in [-0.39, 0.29) is 24.2 Å². The number of nitrogens with one attached hydrogen (secondary N) is 1. The molecule has 0 aliphatic rings. The number of aliphatic hydroxyl groups excluding tert-OH is 1. The van der Waals surface area contributed by atoms with Gasteiger partial charge >= 0.3 is 5.97 Å². The van der Waals surface area contributed by atoms with Gasteiger partial charge in [0.15, 0.2) is 11.2 Å². The second-order valence-corrected chi connectivity index (χ2v) is 6.84. The molecule has 0 aliphatic heterocycles. The van der Waals surface area contributed by atoms with Gasteiger partial charge in [0, 0.05) is 12.7 Å². The predicted octanol–water partition coefficient (Wildman–Crippen LogP) is 1.47. The molecule has 25 heavy (non-hydrogen) atoms. The van der Waals surface area contributed by atoms with Crippen LogP contribution in [0.4, 0.5) is 0 Å². The molecule has 138 valence electrons. The Kier molecular flexibility index (Phi) is 9.23. The minimum absolute atomic E-state index is 0.0610. The second-order valence-electron chi connectivity index (χ2n) is 5.64. The third-order valence-corrected chi connectivity index (χ3v) is 4.59. The zero-order chi connectivity index (χ0) is 18.8. The van der Waals surface area contributed by atoms with Gasteiger partial charge < -0.3 is 15.2 Å². The molecule has 1 amide bonds. The van der Waals surface area contributed by atoms with Crippen molar-refractivity contribution < 1.29 is 24.2 Å². The molecule has 0 saturated heterocycles. The first-order valence-electron chi connectivity index (χ1n) is 8.15. The number of amides is 1. The Hall–Kier alpha value is -1.86. The van der Waals surface area contributed by atoms with Gasteiger partial charge in [-0.3, -0.25) is 9.59 Å². The number of ether oxygens (including phenoxy) is 1. The van der Waals surface area contributed by atoms with Crippen molar-refractivity contribution in [3.05, 3.63) is 35.4 Å². The zero-order valence-corrected chi connectivity index (χ0v) is 15.6. The van der Waals surface area contributed by atoms with Crippen molar-refractivity contribution in [1.29, 1.82) is 0 Å². The monoisotopic (exact) mass is 367 g/mol. The Morgan fingerprint density at radius 2 is 1.96 bits per heavy atom. The van der Waals surface area contributed by atoms with Gasteiger partial charge in [0.25, 0.3) is 0 Å². The smallest absolute Gasteiger partial charge is 0.336 e. The molecule has 0 radical (unpaired) electrons. The fraction of sp³-hybridized carbons (Fsp3) is 0.500. The van der Waals surface area contributed by atoms with Crippen LogP contribution in [0.3, 0.4) is 0 Å². The zero-order valence-electron chi connectivity index (χ0n) is 14.8. The summed E-state index contributed by atoms with van der Waals surface area (Å²) in [6.45, 7) is 5.01. The summed E-state index contributed by atoms with van der Waals surface area (Å²) in [5.74, 6) is -1.17. The van der Waals surface area contributed by atoms with Crippen molar-refractivity contribution in [2.24, 2.45) is 5.92 Å². The van der Waals surface area contributed by atoms with Crippen LogP contribution in [0.25, 0.3) is 0 Å². The number of rotatable bonds is 9. The van der Waals surface area contributed by atoms with Gasteiger partial charge in [0.05, 0.1) is 19.1 Å². The van der Waals surface area contributed by atoms with Crippen molar-refractivity contribution in [3.63, 3.8) is 0 Å². The first-order valence-corrected chi connectivity index (χ1v) is 9.14. The van der Waals surface area contributed by atoms with Gasteiger partial charge in [-0.05, 0) is 31.4 Å². The van der Waals surface area contributed by atoms with Gasteiger partial charge in [0.2, 0.25) is 5.91 Å². The van der Waals surface area contributed by atoms with Crippen molar-refractivity contribution in [2.45, 2.75) is 33.3 Å². The van der Waals surface area contributed by atoms with E-state index in [2.05, 4.69) is 5.32 Å². The van der Waals surface area contributed by atoms with Crippen LogP contribution < -0.4 is 5.32 Å². The average molecular weight is 367 g/mol. The molecule has 0 aromatic heterocycles. The van der Waals surface area contributed by atoms with E-state index in [1.54, 1.807) is 6.92 Å². The van der Waals surface area contributed by atoms with Gasteiger partial charge in [-0.2, -0.15) is 0 Å². The molecular weight excluding hydrogens is 342 g/mol. The number of carbonyl (C=O) groups excluding carboxylic acids is 3. The molecule has 6 nitrogen and oxygen atoms in total. The summed E-state index contributed by atoms with van der Waals surface area (Å²) in [7, 11) is 0. The standard InChI is InChI=1S/C18H25NO5S/c1-4-24-18(23)16(21)10-19-17(22)15(11-25-13(3)20)9-14-8-6-5-7-12(14)2/h5-8,15-16,21H,4,9-11H2,1-3H3,(H,19,22)/t15-,16-/m1/s1.